The Kier molecular flexibility index (Phi) is 7.29. The molecular formula is C24H22N2O7S. The summed E-state index contributed by atoms with van der Waals surface area (Å²) in [6, 6.07) is 13.3. The number of ether oxygens (including phenoxy) is 3. The molecule has 2 fully saturated rings. The van der Waals surface area contributed by atoms with E-state index in [9.17, 15) is 19.2 Å². The van der Waals surface area contributed by atoms with Gasteiger partial charge in [0.25, 0.3) is 11.1 Å². The summed E-state index contributed by atoms with van der Waals surface area (Å²) in [4.78, 5) is 52.9. The standard InChI is InChI=1S/C24H22N2O7S/c1-31-18-8-7-16(13-19(18)33-23(29)17-5-3-2-4-6-17)14-20-22(28)26(24(30)34-20)15-21(27)25-9-11-32-12-10-25/h2-8,13-14H,9-12,15H2,1H3/b20-14-. The highest BCUT2D eigenvalue weighted by atomic mass is 32.2. The Morgan fingerprint density at radius 2 is 1.79 bits per heavy atom. The van der Waals surface area contributed by atoms with Crippen molar-refractivity contribution in [2.24, 2.45) is 0 Å². The summed E-state index contributed by atoms with van der Waals surface area (Å²) in [5.74, 6) is -0.892. The molecule has 0 aromatic heterocycles. The van der Waals surface area contributed by atoms with Crippen LogP contribution in [0.25, 0.3) is 6.08 Å². The molecule has 0 radical (unpaired) electrons. The smallest absolute Gasteiger partial charge is 0.343 e. The molecule has 2 aromatic carbocycles. The van der Waals surface area contributed by atoms with Gasteiger partial charge < -0.3 is 19.1 Å². The summed E-state index contributed by atoms with van der Waals surface area (Å²) >= 11 is 0.756. The molecule has 2 aliphatic rings. The Balaban J connectivity index is 1.50. The largest absolute Gasteiger partial charge is 0.493 e. The van der Waals surface area contributed by atoms with E-state index in [1.807, 2.05) is 0 Å². The van der Waals surface area contributed by atoms with E-state index < -0.39 is 17.1 Å². The van der Waals surface area contributed by atoms with Gasteiger partial charge in [-0.15, -0.1) is 0 Å². The molecule has 3 amide bonds. The maximum atomic E-state index is 12.8. The minimum atomic E-state index is -0.557. The number of esters is 1. The number of thioether (sulfide) groups is 1. The molecule has 0 unspecified atom stereocenters. The fourth-order valence-corrected chi connectivity index (χ4v) is 4.27. The minimum Gasteiger partial charge on any atom is -0.493 e. The molecule has 2 aromatic rings. The van der Waals surface area contributed by atoms with E-state index in [0.29, 0.717) is 43.2 Å². The van der Waals surface area contributed by atoms with Gasteiger partial charge in [-0.3, -0.25) is 19.3 Å². The summed E-state index contributed by atoms with van der Waals surface area (Å²) in [6.07, 6.45) is 1.52. The van der Waals surface area contributed by atoms with Gasteiger partial charge in [-0.1, -0.05) is 24.3 Å². The third-order valence-electron chi connectivity index (χ3n) is 5.23. The molecule has 0 spiro atoms. The number of morpholine rings is 1. The molecule has 0 N–H and O–H groups in total. The van der Waals surface area contributed by atoms with Crippen LogP contribution in [0, 0.1) is 0 Å². The summed E-state index contributed by atoms with van der Waals surface area (Å²) in [7, 11) is 1.45. The van der Waals surface area contributed by atoms with E-state index in [1.54, 1.807) is 53.4 Å². The van der Waals surface area contributed by atoms with Crippen molar-refractivity contribution >= 4 is 40.9 Å². The number of carbonyl (C=O) groups excluding carboxylic acids is 4. The van der Waals surface area contributed by atoms with E-state index in [4.69, 9.17) is 14.2 Å². The number of amides is 3. The number of nitrogens with zero attached hydrogens (tertiary/aromatic N) is 2. The molecule has 34 heavy (non-hydrogen) atoms. The van der Waals surface area contributed by atoms with Crippen molar-refractivity contribution in [3.05, 3.63) is 64.6 Å². The maximum Gasteiger partial charge on any atom is 0.343 e. The van der Waals surface area contributed by atoms with Crippen molar-refractivity contribution in [1.29, 1.82) is 0 Å². The van der Waals surface area contributed by atoms with Crippen LogP contribution in [0.5, 0.6) is 11.5 Å². The average Bonchev–Trinajstić information content (AvgIpc) is 3.12. The average molecular weight is 483 g/mol. The van der Waals surface area contributed by atoms with Gasteiger partial charge in [-0.25, -0.2) is 4.79 Å². The molecule has 0 bridgehead atoms. The fourth-order valence-electron chi connectivity index (χ4n) is 3.43. The van der Waals surface area contributed by atoms with Gasteiger partial charge in [0.1, 0.15) is 6.54 Å². The molecule has 0 atom stereocenters. The van der Waals surface area contributed by atoms with Gasteiger partial charge >= 0.3 is 5.97 Å². The highest BCUT2D eigenvalue weighted by Crippen LogP contribution is 2.34. The van der Waals surface area contributed by atoms with Crippen LogP contribution in [-0.2, 0) is 14.3 Å². The van der Waals surface area contributed by atoms with Crippen LogP contribution >= 0.6 is 11.8 Å². The Bertz CT molecular complexity index is 1140. The fraction of sp³-hybridized carbons (Fsp3) is 0.250. The van der Waals surface area contributed by atoms with Crippen molar-refractivity contribution in [2.45, 2.75) is 0 Å². The lowest BCUT2D eigenvalue weighted by Crippen LogP contribution is -2.46. The van der Waals surface area contributed by atoms with Gasteiger partial charge in [-0.2, -0.15) is 0 Å². The second-order valence-corrected chi connectivity index (χ2v) is 8.42. The topological polar surface area (TPSA) is 102 Å². The zero-order valence-electron chi connectivity index (χ0n) is 18.4. The quantitative estimate of drug-likeness (QED) is 0.352. The monoisotopic (exact) mass is 482 g/mol. The molecule has 10 heteroatoms. The first-order valence-corrected chi connectivity index (χ1v) is 11.3. The zero-order chi connectivity index (χ0) is 24.1. The predicted octanol–water partition coefficient (Wildman–Crippen LogP) is 2.81. The van der Waals surface area contributed by atoms with Crippen LogP contribution in [0.1, 0.15) is 15.9 Å². The third kappa shape index (κ3) is 5.29. The van der Waals surface area contributed by atoms with Crippen LogP contribution in [0.4, 0.5) is 4.79 Å². The first kappa shape index (κ1) is 23.5. The number of hydrogen-bond donors (Lipinski definition) is 0. The van der Waals surface area contributed by atoms with Crippen LogP contribution < -0.4 is 9.47 Å². The first-order chi connectivity index (χ1) is 16.5. The van der Waals surface area contributed by atoms with Gasteiger partial charge in [0.15, 0.2) is 11.5 Å². The molecule has 0 saturated carbocycles. The van der Waals surface area contributed by atoms with Crippen LogP contribution in [-0.4, -0.2) is 72.8 Å². The number of carbonyl (C=O) groups is 4. The Labute approximate surface area is 200 Å². The van der Waals surface area contributed by atoms with E-state index in [0.717, 1.165) is 16.7 Å². The van der Waals surface area contributed by atoms with Gasteiger partial charge in [-0.05, 0) is 47.7 Å². The van der Waals surface area contributed by atoms with Gasteiger partial charge in [0.2, 0.25) is 5.91 Å². The third-order valence-corrected chi connectivity index (χ3v) is 6.14. The summed E-state index contributed by atoms with van der Waals surface area (Å²) in [6.45, 7) is 1.41. The summed E-state index contributed by atoms with van der Waals surface area (Å²) in [5, 5.41) is -0.512. The number of methoxy groups -OCH3 is 1. The number of rotatable bonds is 6. The molecule has 176 valence electrons. The van der Waals surface area contributed by atoms with E-state index in [-0.39, 0.29) is 23.1 Å². The number of benzene rings is 2. The lowest BCUT2D eigenvalue weighted by Gasteiger charge is -2.28. The second kappa shape index (κ2) is 10.5. The van der Waals surface area contributed by atoms with Gasteiger partial charge in [0, 0.05) is 13.1 Å². The van der Waals surface area contributed by atoms with Crippen molar-refractivity contribution < 1.29 is 33.4 Å². The number of imide groups is 1. The van der Waals surface area contributed by atoms with Crippen LogP contribution in [0.3, 0.4) is 0 Å². The highest BCUT2D eigenvalue weighted by Gasteiger charge is 2.37. The Morgan fingerprint density at radius 1 is 1.06 bits per heavy atom. The Hall–Kier alpha value is -3.63. The second-order valence-electron chi connectivity index (χ2n) is 7.43. The maximum absolute atomic E-state index is 12.8. The van der Waals surface area contributed by atoms with Crippen molar-refractivity contribution in [2.75, 3.05) is 40.0 Å². The normalized spacial score (nSPS) is 17.3. The highest BCUT2D eigenvalue weighted by molar-refractivity contribution is 8.18. The molecule has 4 rings (SSSR count). The molecule has 2 aliphatic heterocycles. The Morgan fingerprint density at radius 3 is 2.50 bits per heavy atom. The molecular weight excluding hydrogens is 460 g/mol. The van der Waals surface area contributed by atoms with E-state index >= 15 is 0 Å². The molecule has 0 aliphatic carbocycles. The first-order valence-electron chi connectivity index (χ1n) is 10.5. The molecule has 9 nitrogen and oxygen atoms in total. The zero-order valence-corrected chi connectivity index (χ0v) is 19.2. The lowest BCUT2D eigenvalue weighted by molar-refractivity contribution is -0.139. The number of hydrogen-bond acceptors (Lipinski definition) is 8. The van der Waals surface area contributed by atoms with E-state index in [2.05, 4.69) is 0 Å². The van der Waals surface area contributed by atoms with Crippen molar-refractivity contribution in [1.82, 2.24) is 9.80 Å². The summed E-state index contributed by atoms with van der Waals surface area (Å²) in [5.41, 5.74) is 0.905. The predicted molar refractivity (Wildman–Crippen MR) is 124 cm³/mol. The van der Waals surface area contributed by atoms with Crippen LogP contribution in [0.15, 0.2) is 53.4 Å². The lowest BCUT2D eigenvalue weighted by atomic mass is 10.1. The van der Waals surface area contributed by atoms with Crippen LogP contribution in [0.2, 0.25) is 0 Å². The molecule has 2 heterocycles. The summed E-state index contributed by atoms with van der Waals surface area (Å²) < 4.78 is 16.0. The van der Waals surface area contributed by atoms with E-state index in [1.165, 1.54) is 13.2 Å². The van der Waals surface area contributed by atoms with Gasteiger partial charge in [0.05, 0.1) is 30.8 Å². The van der Waals surface area contributed by atoms with Crippen molar-refractivity contribution in [3.8, 4) is 11.5 Å². The molecule has 2 saturated heterocycles. The SMILES string of the molecule is COc1ccc(/C=C2\SC(=O)N(CC(=O)N3CCOCC3)C2=O)cc1OC(=O)c1ccccc1. The minimum absolute atomic E-state index is 0.172. The van der Waals surface area contributed by atoms with Crippen molar-refractivity contribution in [3.63, 3.8) is 0 Å².